The minimum atomic E-state index is 0.294. The van der Waals surface area contributed by atoms with Gasteiger partial charge in [-0.3, -0.25) is 0 Å². The number of hydrogen-bond acceptors (Lipinski definition) is 6. The van der Waals surface area contributed by atoms with E-state index in [0.717, 1.165) is 11.3 Å². The minimum Gasteiger partial charge on any atom is -0.376 e. The molecule has 0 fully saturated rings. The van der Waals surface area contributed by atoms with E-state index >= 15 is 0 Å². The van der Waals surface area contributed by atoms with E-state index in [2.05, 4.69) is 25.4 Å². The molecule has 1 aliphatic heterocycles. The Bertz CT molecular complexity index is 547. The highest BCUT2D eigenvalue weighted by atomic mass is 35.5. The molecule has 6 nitrogen and oxygen atoms in total. The van der Waals surface area contributed by atoms with Gasteiger partial charge in [-0.2, -0.15) is 5.11 Å². The van der Waals surface area contributed by atoms with Crippen LogP contribution >= 0.6 is 11.6 Å². The third kappa shape index (κ3) is 2.70. The van der Waals surface area contributed by atoms with Gasteiger partial charge in [0, 0.05) is 14.1 Å². The minimum absolute atomic E-state index is 0.294. The van der Waals surface area contributed by atoms with Crippen molar-refractivity contribution < 1.29 is 0 Å². The van der Waals surface area contributed by atoms with Gasteiger partial charge in [0.25, 0.3) is 5.96 Å². The Hall–Kier alpha value is -1.82. The molecule has 0 amide bonds. The van der Waals surface area contributed by atoms with Gasteiger partial charge in [0.1, 0.15) is 0 Å². The maximum atomic E-state index is 6.18. The molecule has 7 heteroatoms. The summed E-state index contributed by atoms with van der Waals surface area (Å²) in [7, 11) is 3.88. The molecule has 1 aromatic carbocycles. The van der Waals surface area contributed by atoms with Crippen LogP contribution in [0.25, 0.3) is 0 Å². The second-order valence-corrected chi connectivity index (χ2v) is 4.43. The molecule has 0 saturated heterocycles. The van der Waals surface area contributed by atoms with Gasteiger partial charge in [-0.15, -0.1) is 15.3 Å². The molecule has 0 aromatic heterocycles. The highest BCUT2D eigenvalue weighted by molar-refractivity contribution is 6.33. The lowest BCUT2D eigenvalue weighted by Crippen LogP contribution is -2.09. The molecule has 0 spiro atoms. The van der Waals surface area contributed by atoms with E-state index in [1.807, 2.05) is 32.0 Å². The molecule has 0 bridgehead atoms. The van der Waals surface area contributed by atoms with Crippen LogP contribution in [0.3, 0.4) is 0 Å². The van der Waals surface area contributed by atoms with Crippen molar-refractivity contribution in [1.82, 2.24) is 0 Å². The Morgan fingerprint density at radius 1 is 1.28 bits per heavy atom. The Morgan fingerprint density at radius 3 is 2.67 bits per heavy atom. The molecule has 0 unspecified atom stereocenters. The van der Waals surface area contributed by atoms with Crippen molar-refractivity contribution in [2.24, 2.45) is 25.4 Å². The first-order chi connectivity index (χ1) is 8.58. The number of anilines is 1. The lowest BCUT2D eigenvalue weighted by atomic mass is 10.2. The van der Waals surface area contributed by atoms with Crippen molar-refractivity contribution in [1.29, 1.82) is 0 Å². The van der Waals surface area contributed by atoms with Gasteiger partial charge in [0.05, 0.1) is 16.4 Å². The number of halogens is 1. The molecule has 18 heavy (non-hydrogen) atoms. The standard InChI is InChI=1S/C11H13ClN6/c1-7-4-10(18(2)3)8(12)5-9(7)15-17-11-13-6-14-16-11/h4-5H,6H2,1-3H3. The summed E-state index contributed by atoms with van der Waals surface area (Å²) in [6.45, 7) is 2.28. The van der Waals surface area contributed by atoms with Crippen molar-refractivity contribution >= 4 is 28.9 Å². The summed E-state index contributed by atoms with van der Waals surface area (Å²) in [5, 5.41) is 16.0. The molecular weight excluding hydrogens is 252 g/mol. The molecule has 1 heterocycles. The van der Waals surface area contributed by atoms with Gasteiger partial charge < -0.3 is 4.90 Å². The zero-order valence-corrected chi connectivity index (χ0v) is 11.2. The highest BCUT2D eigenvalue weighted by Crippen LogP contribution is 2.32. The number of hydrogen-bond donors (Lipinski definition) is 0. The first kappa shape index (κ1) is 12.6. The number of aryl methyl sites for hydroxylation is 1. The van der Waals surface area contributed by atoms with E-state index in [0.29, 0.717) is 23.3 Å². The van der Waals surface area contributed by atoms with E-state index in [1.165, 1.54) is 0 Å². The molecular formula is C11H13ClN6. The van der Waals surface area contributed by atoms with Crippen LogP contribution in [-0.4, -0.2) is 26.7 Å². The normalized spacial score (nSPS) is 14.3. The molecule has 2 rings (SSSR count). The third-order valence-electron chi connectivity index (χ3n) is 2.43. The topological polar surface area (TPSA) is 65.0 Å². The molecule has 0 saturated carbocycles. The first-order valence-electron chi connectivity index (χ1n) is 5.39. The van der Waals surface area contributed by atoms with Crippen LogP contribution in [-0.2, 0) is 0 Å². The molecule has 1 aliphatic rings. The molecule has 0 N–H and O–H groups in total. The lowest BCUT2D eigenvalue weighted by molar-refractivity contribution is 1.05. The van der Waals surface area contributed by atoms with Crippen LogP contribution in [0.15, 0.2) is 37.6 Å². The average molecular weight is 265 g/mol. The molecule has 0 atom stereocenters. The number of guanidine groups is 1. The Labute approximate surface area is 110 Å². The summed E-state index contributed by atoms with van der Waals surface area (Å²) in [4.78, 5) is 5.88. The second-order valence-electron chi connectivity index (χ2n) is 4.03. The summed E-state index contributed by atoms with van der Waals surface area (Å²) < 4.78 is 0. The van der Waals surface area contributed by atoms with Crippen molar-refractivity contribution in [2.45, 2.75) is 6.92 Å². The predicted octanol–water partition coefficient (Wildman–Crippen LogP) is 3.58. The number of azo groups is 2. The molecule has 0 aliphatic carbocycles. The van der Waals surface area contributed by atoms with Gasteiger partial charge in [-0.25, -0.2) is 4.99 Å². The van der Waals surface area contributed by atoms with Crippen LogP contribution in [0.1, 0.15) is 5.56 Å². The van der Waals surface area contributed by atoms with Crippen molar-refractivity contribution in [3.05, 3.63) is 22.7 Å². The monoisotopic (exact) mass is 264 g/mol. The van der Waals surface area contributed by atoms with E-state index in [4.69, 9.17) is 11.6 Å². The SMILES string of the molecule is Cc1cc(N(C)C)c(Cl)cc1N=NC1=NCN=N1. The predicted molar refractivity (Wildman–Crippen MR) is 72.2 cm³/mol. The zero-order valence-electron chi connectivity index (χ0n) is 10.4. The van der Waals surface area contributed by atoms with Gasteiger partial charge in [0.15, 0.2) is 6.67 Å². The van der Waals surface area contributed by atoms with E-state index in [-0.39, 0.29) is 0 Å². The molecule has 0 radical (unpaired) electrons. The van der Waals surface area contributed by atoms with Crippen LogP contribution in [0.5, 0.6) is 0 Å². The quantitative estimate of drug-likeness (QED) is 0.753. The van der Waals surface area contributed by atoms with Crippen molar-refractivity contribution in [3.63, 3.8) is 0 Å². The molecule has 1 aromatic rings. The third-order valence-corrected chi connectivity index (χ3v) is 2.73. The Morgan fingerprint density at radius 2 is 2.06 bits per heavy atom. The Kier molecular flexibility index (Phi) is 3.66. The lowest BCUT2D eigenvalue weighted by Gasteiger charge is -2.15. The van der Waals surface area contributed by atoms with E-state index < -0.39 is 0 Å². The largest absolute Gasteiger partial charge is 0.376 e. The van der Waals surface area contributed by atoms with E-state index in [9.17, 15) is 0 Å². The number of aliphatic imine (C=N–C) groups is 1. The van der Waals surface area contributed by atoms with Crippen LogP contribution < -0.4 is 4.90 Å². The Balaban J connectivity index is 2.29. The fraction of sp³-hybridized carbons (Fsp3) is 0.364. The maximum absolute atomic E-state index is 6.18. The van der Waals surface area contributed by atoms with Gasteiger partial charge in [0.2, 0.25) is 0 Å². The number of rotatable bonds is 2. The van der Waals surface area contributed by atoms with Crippen LogP contribution in [0.4, 0.5) is 11.4 Å². The maximum Gasteiger partial charge on any atom is 0.284 e. The summed E-state index contributed by atoms with van der Waals surface area (Å²) >= 11 is 6.18. The number of nitrogens with zero attached hydrogens (tertiary/aromatic N) is 6. The molecule has 94 valence electrons. The van der Waals surface area contributed by atoms with Gasteiger partial charge in [-0.05, 0) is 24.6 Å². The summed E-state index contributed by atoms with van der Waals surface area (Å²) in [6, 6.07) is 3.75. The average Bonchev–Trinajstić information content (AvgIpc) is 2.82. The van der Waals surface area contributed by atoms with Crippen LogP contribution in [0, 0.1) is 6.92 Å². The zero-order chi connectivity index (χ0) is 13.1. The van der Waals surface area contributed by atoms with Gasteiger partial charge >= 0.3 is 0 Å². The van der Waals surface area contributed by atoms with Crippen molar-refractivity contribution in [2.75, 3.05) is 25.7 Å². The second kappa shape index (κ2) is 5.22. The fourth-order valence-electron chi connectivity index (χ4n) is 1.48. The summed E-state index contributed by atoms with van der Waals surface area (Å²) in [6.07, 6.45) is 0. The fourth-order valence-corrected chi connectivity index (χ4v) is 1.80. The summed E-state index contributed by atoms with van der Waals surface area (Å²) in [5.74, 6) is 0.294. The summed E-state index contributed by atoms with van der Waals surface area (Å²) in [5.41, 5.74) is 2.64. The van der Waals surface area contributed by atoms with Gasteiger partial charge in [-0.1, -0.05) is 11.6 Å². The highest BCUT2D eigenvalue weighted by Gasteiger charge is 2.08. The first-order valence-corrected chi connectivity index (χ1v) is 5.77. The van der Waals surface area contributed by atoms with E-state index in [1.54, 1.807) is 6.07 Å². The van der Waals surface area contributed by atoms with Crippen molar-refractivity contribution in [3.8, 4) is 0 Å². The van der Waals surface area contributed by atoms with Crippen LogP contribution in [0.2, 0.25) is 5.02 Å². The number of benzene rings is 1. The smallest absolute Gasteiger partial charge is 0.284 e.